The van der Waals surface area contributed by atoms with Gasteiger partial charge in [0.2, 0.25) is 0 Å². The topological polar surface area (TPSA) is 50.1 Å². The number of hydrogen-bond donors (Lipinski definition) is 0. The molecule has 1 aromatic rings. The molecular weight excluding hydrogens is 162 g/mol. The lowest BCUT2D eigenvalue weighted by atomic mass is 10.3. The molecule has 55 valence electrons. The van der Waals surface area contributed by atoms with Gasteiger partial charge in [0.1, 0.15) is 10.9 Å². The molecule has 1 heterocycles. The Morgan fingerprint density at radius 1 is 1.91 bits per heavy atom. The van der Waals surface area contributed by atoms with E-state index < -0.39 is 5.97 Å². The second-order valence-corrected chi connectivity index (χ2v) is 2.59. The van der Waals surface area contributed by atoms with Gasteiger partial charge in [0.15, 0.2) is 0 Å². The van der Waals surface area contributed by atoms with E-state index in [0.29, 0.717) is 10.4 Å². The van der Waals surface area contributed by atoms with Crippen LogP contribution in [0.15, 0.2) is 5.38 Å². The first-order chi connectivity index (χ1) is 5.27. The Balaban J connectivity index is 2.91. The van der Waals surface area contributed by atoms with Crippen LogP contribution < -0.4 is 0 Å². The summed E-state index contributed by atoms with van der Waals surface area (Å²) < 4.78 is 4.42. The lowest BCUT2D eigenvalue weighted by molar-refractivity contribution is 0.0606. The van der Waals surface area contributed by atoms with Crippen molar-refractivity contribution in [2.45, 2.75) is 0 Å². The maximum atomic E-state index is 10.8. The number of esters is 1. The fourth-order valence-electron chi connectivity index (χ4n) is 0.545. The highest BCUT2D eigenvalue weighted by Gasteiger charge is 2.08. The quantitative estimate of drug-likeness (QED) is 0.589. The third-order valence-corrected chi connectivity index (χ3v) is 1.89. The van der Waals surface area contributed by atoms with Gasteiger partial charge in [-0.1, -0.05) is 0 Å². The molecule has 0 aromatic carbocycles. The lowest BCUT2D eigenvalue weighted by Crippen LogP contribution is -1.97. The van der Waals surface area contributed by atoms with Crippen molar-refractivity contribution in [2.75, 3.05) is 7.11 Å². The largest absolute Gasteiger partial charge is 0.465 e. The zero-order chi connectivity index (χ0) is 8.27. The Labute approximate surface area is 67.8 Å². The number of ether oxygens (including phenoxy) is 1. The molecule has 1 radical (unpaired) electrons. The molecule has 0 unspecified atom stereocenters. The molecule has 1 aromatic heterocycles. The van der Waals surface area contributed by atoms with E-state index in [1.165, 1.54) is 7.11 Å². The number of carbonyl (C=O) groups is 1. The van der Waals surface area contributed by atoms with Crippen LogP contribution in [0.2, 0.25) is 0 Å². The summed E-state index contributed by atoms with van der Waals surface area (Å²) in [6.45, 7) is 0. The second kappa shape index (κ2) is 3.17. The molecule has 0 aliphatic carbocycles. The molecular formula is C7H4NO2S. The van der Waals surface area contributed by atoms with Gasteiger partial charge in [0.25, 0.3) is 0 Å². The number of carbonyl (C=O) groups excluding carboxylic acids is 1. The van der Waals surface area contributed by atoms with Gasteiger partial charge in [-0.25, -0.2) is 4.79 Å². The average molecular weight is 166 g/mol. The Morgan fingerprint density at radius 3 is 3.09 bits per heavy atom. The number of nitrogens with zero attached hydrogens (tertiary/aromatic N) is 1. The average Bonchev–Trinajstić information content (AvgIpc) is 2.50. The maximum Gasteiger partial charge on any atom is 0.348 e. The summed E-state index contributed by atoms with van der Waals surface area (Å²) in [6, 6.07) is 4.47. The first kappa shape index (κ1) is 7.76. The van der Waals surface area contributed by atoms with Crippen LogP contribution >= 0.6 is 11.3 Å². The molecule has 0 bridgehead atoms. The predicted octanol–water partition coefficient (Wildman–Crippen LogP) is 1.21. The van der Waals surface area contributed by atoms with Gasteiger partial charge in [-0.2, -0.15) is 5.26 Å². The Hall–Kier alpha value is -1.34. The molecule has 0 fully saturated rings. The summed E-state index contributed by atoms with van der Waals surface area (Å²) >= 11 is 1.15. The number of nitriles is 1. The third kappa shape index (κ3) is 1.57. The van der Waals surface area contributed by atoms with E-state index in [2.05, 4.69) is 10.8 Å². The second-order valence-electron chi connectivity index (χ2n) is 1.71. The van der Waals surface area contributed by atoms with Gasteiger partial charge >= 0.3 is 5.97 Å². The number of methoxy groups -OCH3 is 1. The van der Waals surface area contributed by atoms with Crippen LogP contribution in [0.25, 0.3) is 0 Å². The summed E-state index contributed by atoms with van der Waals surface area (Å²) in [7, 11) is 1.29. The maximum absolute atomic E-state index is 10.8. The fourth-order valence-corrected chi connectivity index (χ4v) is 1.24. The predicted molar refractivity (Wildman–Crippen MR) is 39.2 cm³/mol. The molecule has 4 heteroatoms. The minimum absolute atomic E-state index is 0.337. The van der Waals surface area contributed by atoms with Crippen LogP contribution in [-0.4, -0.2) is 13.1 Å². The highest BCUT2D eigenvalue weighted by atomic mass is 32.1. The van der Waals surface area contributed by atoms with E-state index in [9.17, 15) is 4.79 Å². The molecule has 0 saturated heterocycles. The Kier molecular flexibility index (Phi) is 2.24. The van der Waals surface area contributed by atoms with Crippen LogP contribution in [0.4, 0.5) is 0 Å². The van der Waals surface area contributed by atoms with Crippen LogP contribution in [0.3, 0.4) is 0 Å². The molecule has 0 N–H and O–H groups in total. The first-order valence-electron chi connectivity index (χ1n) is 2.77. The monoisotopic (exact) mass is 166 g/mol. The van der Waals surface area contributed by atoms with Gasteiger partial charge in [-0.05, 0) is 0 Å². The van der Waals surface area contributed by atoms with Crippen molar-refractivity contribution in [3.05, 3.63) is 21.9 Å². The molecule has 0 atom stereocenters. The number of hydrogen-bond acceptors (Lipinski definition) is 4. The summed E-state index contributed by atoms with van der Waals surface area (Å²) in [4.78, 5) is 11.1. The SMILES string of the molecule is COC(=O)c1[c]c(C#N)cs1. The third-order valence-electron chi connectivity index (χ3n) is 1.03. The molecule has 0 amide bonds. The minimum atomic E-state index is -0.448. The smallest absolute Gasteiger partial charge is 0.348 e. The van der Waals surface area contributed by atoms with E-state index in [0.717, 1.165) is 11.3 Å². The van der Waals surface area contributed by atoms with E-state index >= 15 is 0 Å². The van der Waals surface area contributed by atoms with Crippen LogP contribution in [0.1, 0.15) is 15.2 Å². The normalized spacial score (nSPS) is 8.73. The molecule has 0 saturated carbocycles. The summed E-state index contributed by atoms with van der Waals surface area (Å²) in [5, 5.41) is 9.94. The van der Waals surface area contributed by atoms with E-state index in [-0.39, 0.29) is 0 Å². The van der Waals surface area contributed by atoms with Gasteiger partial charge in [0.05, 0.1) is 12.7 Å². The molecule has 0 aliphatic rings. The van der Waals surface area contributed by atoms with Gasteiger partial charge in [-0.15, -0.1) is 11.3 Å². The number of thiophene rings is 1. The van der Waals surface area contributed by atoms with Gasteiger partial charge in [-0.3, -0.25) is 0 Å². The standard InChI is InChI=1S/C7H4NO2S/c1-10-7(9)6-2-5(3-8)4-11-6/h4H,1H3. The molecule has 11 heavy (non-hydrogen) atoms. The first-order valence-corrected chi connectivity index (χ1v) is 3.65. The molecule has 0 aliphatic heterocycles. The van der Waals surface area contributed by atoms with Crippen molar-refractivity contribution in [2.24, 2.45) is 0 Å². The lowest BCUT2D eigenvalue weighted by Gasteiger charge is -1.89. The van der Waals surface area contributed by atoms with Crippen molar-refractivity contribution in [1.29, 1.82) is 5.26 Å². The summed E-state index contributed by atoms with van der Waals surface area (Å²) in [5.41, 5.74) is 0.371. The molecule has 0 spiro atoms. The van der Waals surface area contributed by atoms with Crippen molar-refractivity contribution in [3.8, 4) is 6.07 Å². The van der Waals surface area contributed by atoms with Crippen molar-refractivity contribution >= 4 is 17.3 Å². The summed E-state index contributed by atoms with van der Waals surface area (Å²) in [6.07, 6.45) is 0. The van der Waals surface area contributed by atoms with Gasteiger partial charge in [0, 0.05) is 11.4 Å². The van der Waals surface area contributed by atoms with E-state index in [4.69, 9.17) is 5.26 Å². The summed E-state index contributed by atoms with van der Waals surface area (Å²) in [5.74, 6) is -0.448. The van der Waals surface area contributed by atoms with Crippen molar-refractivity contribution < 1.29 is 9.53 Å². The Morgan fingerprint density at radius 2 is 2.64 bits per heavy atom. The highest BCUT2D eigenvalue weighted by molar-refractivity contribution is 7.12. The zero-order valence-corrected chi connectivity index (χ0v) is 6.57. The fraction of sp³-hybridized carbons (Fsp3) is 0.143. The van der Waals surface area contributed by atoms with E-state index in [1.54, 1.807) is 5.38 Å². The van der Waals surface area contributed by atoms with Crippen LogP contribution in [0.5, 0.6) is 0 Å². The zero-order valence-electron chi connectivity index (χ0n) is 5.75. The van der Waals surface area contributed by atoms with Crippen LogP contribution in [-0.2, 0) is 4.74 Å². The van der Waals surface area contributed by atoms with E-state index in [1.807, 2.05) is 6.07 Å². The van der Waals surface area contributed by atoms with Crippen LogP contribution in [0, 0.1) is 17.4 Å². The van der Waals surface area contributed by atoms with Gasteiger partial charge < -0.3 is 4.74 Å². The number of rotatable bonds is 1. The minimum Gasteiger partial charge on any atom is -0.465 e. The molecule has 3 nitrogen and oxygen atoms in total. The van der Waals surface area contributed by atoms with Crippen molar-refractivity contribution in [3.63, 3.8) is 0 Å². The van der Waals surface area contributed by atoms with Crippen molar-refractivity contribution in [1.82, 2.24) is 0 Å². The molecule has 1 rings (SSSR count). The highest BCUT2D eigenvalue weighted by Crippen LogP contribution is 2.13. The Bertz CT molecular complexity index is 310.